The minimum absolute atomic E-state index is 0.0358. The van der Waals surface area contributed by atoms with E-state index >= 15 is 0 Å². The van der Waals surface area contributed by atoms with Gasteiger partial charge in [-0.3, -0.25) is 4.79 Å². The van der Waals surface area contributed by atoms with Gasteiger partial charge in [-0.15, -0.1) is 0 Å². The number of aryl methyl sites for hydroxylation is 1. The number of phenols is 1. The summed E-state index contributed by atoms with van der Waals surface area (Å²) in [6.45, 7) is 6.91. The van der Waals surface area contributed by atoms with Crippen molar-refractivity contribution in [1.82, 2.24) is 4.90 Å². The lowest BCUT2D eigenvalue weighted by atomic mass is 10.1. The van der Waals surface area contributed by atoms with Crippen molar-refractivity contribution in [1.29, 1.82) is 0 Å². The van der Waals surface area contributed by atoms with Crippen molar-refractivity contribution >= 4 is 5.91 Å². The van der Waals surface area contributed by atoms with Crippen LogP contribution in [0, 0.1) is 6.92 Å². The number of hydrogen-bond acceptors (Lipinski definition) is 3. The Labute approximate surface area is 107 Å². The molecule has 0 saturated carbocycles. The Balaban J connectivity index is 2.27. The highest BCUT2D eigenvalue weighted by atomic mass is 16.5. The number of carbonyl (C=O) groups is 1. The smallest absolute Gasteiger partial charge is 0.258 e. The van der Waals surface area contributed by atoms with Crippen LogP contribution in [-0.2, 0) is 4.74 Å². The average molecular weight is 249 g/mol. The fourth-order valence-corrected chi connectivity index (χ4v) is 2.16. The summed E-state index contributed by atoms with van der Waals surface area (Å²) in [7, 11) is 0. The van der Waals surface area contributed by atoms with Crippen molar-refractivity contribution in [2.45, 2.75) is 32.9 Å². The van der Waals surface area contributed by atoms with Gasteiger partial charge in [0.05, 0.1) is 24.3 Å². The van der Waals surface area contributed by atoms with Gasteiger partial charge in [-0.2, -0.15) is 0 Å². The van der Waals surface area contributed by atoms with Crippen LogP contribution in [0.1, 0.15) is 29.8 Å². The summed E-state index contributed by atoms with van der Waals surface area (Å²) in [6, 6.07) is 5.12. The van der Waals surface area contributed by atoms with Crippen LogP contribution in [0.25, 0.3) is 0 Å². The molecule has 1 aromatic carbocycles. The summed E-state index contributed by atoms with van der Waals surface area (Å²) in [6.07, 6.45) is 0.0390. The van der Waals surface area contributed by atoms with Crippen LogP contribution in [0.5, 0.6) is 5.75 Å². The molecule has 2 rings (SSSR count). The van der Waals surface area contributed by atoms with Gasteiger partial charge in [0, 0.05) is 6.54 Å². The van der Waals surface area contributed by atoms with Crippen LogP contribution in [0.15, 0.2) is 18.2 Å². The maximum Gasteiger partial charge on any atom is 0.258 e. The molecule has 4 nitrogen and oxygen atoms in total. The molecule has 0 spiro atoms. The number of carbonyl (C=O) groups excluding carboxylic acids is 1. The molecule has 0 radical (unpaired) electrons. The van der Waals surface area contributed by atoms with Gasteiger partial charge in [0.15, 0.2) is 0 Å². The number of aromatic hydroxyl groups is 1. The van der Waals surface area contributed by atoms with Gasteiger partial charge in [-0.1, -0.05) is 11.6 Å². The fourth-order valence-electron chi connectivity index (χ4n) is 2.16. The molecule has 0 bridgehead atoms. The molecule has 0 aliphatic carbocycles. The molecule has 1 amide bonds. The van der Waals surface area contributed by atoms with E-state index in [-0.39, 0.29) is 23.8 Å². The van der Waals surface area contributed by atoms with Crippen LogP contribution in [0.4, 0.5) is 0 Å². The Morgan fingerprint density at radius 1 is 1.44 bits per heavy atom. The molecule has 2 unspecified atom stereocenters. The summed E-state index contributed by atoms with van der Waals surface area (Å²) in [4.78, 5) is 14.2. The summed E-state index contributed by atoms with van der Waals surface area (Å²) < 4.78 is 5.50. The van der Waals surface area contributed by atoms with E-state index in [0.29, 0.717) is 18.7 Å². The number of benzene rings is 1. The number of phenolic OH excluding ortho intramolecular Hbond substituents is 1. The predicted octanol–water partition coefficient (Wildman–Crippen LogP) is 1.95. The number of amides is 1. The average Bonchev–Trinajstić information content (AvgIpc) is 2.34. The summed E-state index contributed by atoms with van der Waals surface area (Å²) in [5.41, 5.74) is 1.33. The van der Waals surface area contributed by atoms with E-state index in [1.54, 1.807) is 23.1 Å². The first-order valence-corrected chi connectivity index (χ1v) is 6.21. The summed E-state index contributed by atoms with van der Waals surface area (Å²) >= 11 is 0. The first-order chi connectivity index (χ1) is 8.49. The molecule has 1 fully saturated rings. The molecule has 18 heavy (non-hydrogen) atoms. The van der Waals surface area contributed by atoms with Crippen molar-refractivity contribution in [2.24, 2.45) is 0 Å². The third-order valence-electron chi connectivity index (χ3n) is 3.25. The van der Waals surface area contributed by atoms with Crippen LogP contribution >= 0.6 is 0 Å². The van der Waals surface area contributed by atoms with Gasteiger partial charge in [0.2, 0.25) is 0 Å². The maximum absolute atomic E-state index is 12.4. The lowest BCUT2D eigenvalue weighted by molar-refractivity contribution is -0.0387. The largest absolute Gasteiger partial charge is 0.507 e. The summed E-state index contributed by atoms with van der Waals surface area (Å²) in [5.74, 6) is -0.0872. The van der Waals surface area contributed by atoms with Gasteiger partial charge in [0.25, 0.3) is 5.91 Å². The zero-order chi connectivity index (χ0) is 13.3. The van der Waals surface area contributed by atoms with Gasteiger partial charge in [0.1, 0.15) is 5.75 Å². The van der Waals surface area contributed by atoms with Crippen molar-refractivity contribution in [3.8, 4) is 5.75 Å². The van der Waals surface area contributed by atoms with E-state index in [1.807, 2.05) is 20.8 Å². The highest BCUT2D eigenvalue weighted by Gasteiger charge is 2.29. The summed E-state index contributed by atoms with van der Waals surface area (Å²) in [5, 5.41) is 9.81. The van der Waals surface area contributed by atoms with Crippen LogP contribution in [0.2, 0.25) is 0 Å². The molecule has 98 valence electrons. The zero-order valence-electron chi connectivity index (χ0n) is 11.0. The highest BCUT2D eigenvalue weighted by Crippen LogP contribution is 2.23. The third-order valence-corrected chi connectivity index (χ3v) is 3.25. The topological polar surface area (TPSA) is 49.8 Å². The van der Waals surface area contributed by atoms with E-state index in [0.717, 1.165) is 5.56 Å². The van der Waals surface area contributed by atoms with Crippen molar-refractivity contribution in [3.05, 3.63) is 29.3 Å². The second-order valence-corrected chi connectivity index (χ2v) is 4.97. The zero-order valence-corrected chi connectivity index (χ0v) is 11.0. The molecule has 4 heteroatoms. The second kappa shape index (κ2) is 4.98. The molecule has 1 aliphatic rings. The van der Waals surface area contributed by atoms with Gasteiger partial charge < -0.3 is 14.7 Å². The number of ether oxygens (including phenoxy) is 1. The van der Waals surface area contributed by atoms with Crippen LogP contribution in [0.3, 0.4) is 0 Å². The van der Waals surface area contributed by atoms with E-state index in [9.17, 15) is 9.90 Å². The first kappa shape index (κ1) is 12.9. The van der Waals surface area contributed by atoms with Crippen LogP contribution in [-0.4, -0.2) is 41.2 Å². The standard InChI is InChI=1S/C14H19NO3/c1-9-4-5-13(16)12(6-9)14(17)15-7-11(3)18-8-10(15)2/h4-6,10-11,16H,7-8H2,1-3H3. The molecule has 1 heterocycles. The Morgan fingerprint density at radius 3 is 2.89 bits per heavy atom. The van der Waals surface area contributed by atoms with Crippen molar-refractivity contribution in [3.63, 3.8) is 0 Å². The Bertz CT molecular complexity index is 458. The number of hydrogen-bond donors (Lipinski definition) is 1. The predicted molar refractivity (Wildman–Crippen MR) is 68.8 cm³/mol. The second-order valence-electron chi connectivity index (χ2n) is 4.97. The SMILES string of the molecule is Cc1ccc(O)c(C(=O)N2CC(C)OCC2C)c1. The molecule has 1 N–H and O–H groups in total. The van der Waals surface area contributed by atoms with Crippen molar-refractivity contribution < 1.29 is 14.6 Å². The van der Waals surface area contributed by atoms with E-state index in [2.05, 4.69) is 0 Å². The Morgan fingerprint density at radius 2 is 2.17 bits per heavy atom. The fraction of sp³-hybridized carbons (Fsp3) is 0.500. The molecular formula is C14H19NO3. The Hall–Kier alpha value is -1.55. The van der Waals surface area contributed by atoms with Gasteiger partial charge in [-0.25, -0.2) is 0 Å². The molecule has 1 aliphatic heterocycles. The molecular weight excluding hydrogens is 230 g/mol. The Kier molecular flexibility index (Phi) is 3.57. The van der Waals surface area contributed by atoms with E-state index < -0.39 is 0 Å². The number of rotatable bonds is 1. The van der Waals surface area contributed by atoms with Gasteiger partial charge >= 0.3 is 0 Å². The van der Waals surface area contributed by atoms with Crippen LogP contribution < -0.4 is 0 Å². The lowest BCUT2D eigenvalue weighted by Gasteiger charge is -2.37. The normalized spacial score (nSPS) is 24.1. The number of nitrogens with zero attached hydrogens (tertiary/aromatic N) is 1. The minimum Gasteiger partial charge on any atom is -0.507 e. The molecule has 0 aromatic heterocycles. The van der Waals surface area contributed by atoms with Gasteiger partial charge in [-0.05, 0) is 32.9 Å². The first-order valence-electron chi connectivity index (χ1n) is 6.21. The minimum atomic E-state index is -0.126. The molecule has 1 saturated heterocycles. The van der Waals surface area contributed by atoms with E-state index in [1.165, 1.54) is 0 Å². The molecule has 1 aromatic rings. The molecule has 2 atom stereocenters. The van der Waals surface area contributed by atoms with E-state index in [4.69, 9.17) is 4.74 Å². The number of morpholine rings is 1. The quantitative estimate of drug-likeness (QED) is 0.827. The van der Waals surface area contributed by atoms with Crippen molar-refractivity contribution in [2.75, 3.05) is 13.2 Å². The third kappa shape index (κ3) is 2.48. The lowest BCUT2D eigenvalue weighted by Crippen LogP contribution is -2.50. The highest BCUT2D eigenvalue weighted by molar-refractivity contribution is 5.97. The monoisotopic (exact) mass is 249 g/mol. The maximum atomic E-state index is 12.4.